The molecule has 156 valence electrons. The lowest BCUT2D eigenvalue weighted by Gasteiger charge is -2.34. The van der Waals surface area contributed by atoms with Crippen LogP contribution in [0.25, 0.3) is 0 Å². The molecule has 0 bridgehead atoms. The van der Waals surface area contributed by atoms with Gasteiger partial charge < -0.3 is 10.1 Å². The van der Waals surface area contributed by atoms with Crippen molar-refractivity contribution in [3.63, 3.8) is 0 Å². The maximum Gasteiger partial charge on any atom is 0.350 e. The van der Waals surface area contributed by atoms with Gasteiger partial charge in [0.15, 0.2) is 5.13 Å². The van der Waals surface area contributed by atoms with E-state index in [2.05, 4.69) is 51.3 Å². The van der Waals surface area contributed by atoms with Crippen LogP contribution in [0.3, 0.4) is 0 Å². The largest absolute Gasteiger partial charge is 0.462 e. The minimum Gasteiger partial charge on any atom is -0.462 e. The van der Waals surface area contributed by atoms with Crippen LogP contribution in [0.5, 0.6) is 0 Å². The van der Waals surface area contributed by atoms with Crippen molar-refractivity contribution in [1.29, 1.82) is 0 Å². The molecule has 0 spiro atoms. The van der Waals surface area contributed by atoms with Gasteiger partial charge in [0, 0.05) is 32.7 Å². The number of carbonyl (C=O) groups is 2. The average Bonchev–Trinajstić information content (AvgIpc) is 3.05. The van der Waals surface area contributed by atoms with Crippen LogP contribution in [0, 0.1) is 13.8 Å². The summed E-state index contributed by atoms with van der Waals surface area (Å²) in [5, 5.41) is 3.25. The van der Waals surface area contributed by atoms with Crippen molar-refractivity contribution in [2.24, 2.45) is 0 Å². The first kappa shape index (κ1) is 21.4. The van der Waals surface area contributed by atoms with E-state index in [4.69, 9.17) is 4.74 Å². The third kappa shape index (κ3) is 6.09. The summed E-state index contributed by atoms with van der Waals surface area (Å²) >= 11 is 1.16. The zero-order valence-electron chi connectivity index (χ0n) is 17.2. The second-order valence-electron chi connectivity index (χ2n) is 7.24. The number of esters is 1. The molecular formula is C21H28N4O3S. The number of hydrogen-bond acceptors (Lipinski definition) is 7. The van der Waals surface area contributed by atoms with E-state index < -0.39 is 5.97 Å². The second-order valence-corrected chi connectivity index (χ2v) is 8.24. The van der Waals surface area contributed by atoms with Gasteiger partial charge in [0.25, 0.3) is 0 Å². The highest BCUT2D eigenvalue weighted by Crippen LogP contribution is 2.23. The van der Waals surface area contributed by atoms with E-state index in [9.17, 15) is 9.59 Å². The minimum atomic E-state index is -0.396. The molecule has 0 radical (unpaired) electrons. The minimum absolute atomic E-state index is 0.110. The molecule has 1 aliphatic rings. The van der Waals surface area contributed by atoms with Gasteiger partial charge in [-0.1, -0.05) is 41.2 Å². The molecule has 0 atom stereocenters. The summed E-state index contributed by atoms with van der Waals surface area (Å²) < 4.78 is 5.01. The maximum absolute atomic E-state index is 12.4. The monoisotopic (exact) mass is 416 g/mol. The van der Waals surface area contributed by atoms with Gasteiger partial charge in [0.1, 0.15) is 4.88 Å². The number of amides is 1. The summed E-state index contributed by atoms with van der Waals surface area (Å²) in [5.41, 5.74) is 3.17. The number of carbonyl (C=O) groups excluding carboxylic acids is 2. The van der Waals surface area contributed by atoms with Gasteiger partial charge in [-0.2, -0.15) is 0 Å². The van der Waals surface area contributed by atoms with Crippen LogP contribution in [0.2, 0.25) is 0 Å². The number of anilines is 1. The Kier molecular flexibility index (Phi) is 7.35. The summed E-state index contributed by atoms with van der Waals surface area (Å²) in [4.78, 5) is 33.5. The summed E-state index contributed by atoms with van der Waals surface area (Å²) in [6.45, 7) is 10.7. The molecule has 0 unspecified atom stereocenters. The molecule has 1 aromatic carbocycles. The van der Waals surface area contributed by atoms with Crippen molar-refractivity contribution in [2.45, 2.75) is 27.3 Å². The van der Waals surface area contributed by atoms with E-state index in [1.165, 1.54) is 11.1 Å². The Balaban J connectivity index is 1.44. The van der Waals surface area contributed by atoms with Crippen LogP contribution >= 0.6 is 11.3 Å². The molecule has 8 heteroatoms. The number of ether oxygens (including phenoxy) is 1. The van der Waals surface area contributed by atoms with Crippen molar-refractivity contribution >= 4 is 28.3 Å². The lowest BCUT2D eigenvalue weighted by atomic mass is 10.1. The molecule has 0 saturated carbocycles. The third-order valence-corrected chi connectivity index (χ3v) is 5.92. The molecule has 3 rings (SSSR count). The first-order valence-corrected chi connectivity index (χ1v) is 10.7. The van der Waals surface area contributed by atoms with Gasteiger partial charge in [-0.3, -0.25) is 14.6 Å². The van der Waals surface area contributed by atoms with Crippen molar-refractivity contribution in [3.8, 4) is 0 Å². The zero-order valence-corrected chi connectivity index (χ0v) is 18.1. The van der Waals surface area contributed by atoms with Crippen LogP contribution in [0.15, 0.2) is 24.3 Å². The summed E-state index contributed by atoms with van der Waals surface area (Å²) in [5.74, 6) is -0.506. The maximum atomic E-state index is 12.4. The quantitative estimate of drug-likeness (QED) is 0.700. The molecular weight excluding hydrogens is 388 g/mol. The van der Waals surface area contributed by atoms with Crippen LogP contribution in [-0.2, 0) is 16.1 Å². The van der Waals surface area contributed by atoms with E-state index in [0.717, 1.165) is 44.1 Å². The Bertz CT molecular complexity index is 842. The number of benzene rings is 1. The number of hydrogen-bond donors (Lipinski definition) is 1. The standard InChI is InChI=1S/C21H28N4O3S/c1-4-28-20(27)19-16(3)22-21(29-19)23-18(26)14-25-11-9-24(10-12-25)13-17-7-5-15(2)6-8-17/h5-8H,4,9-14H2,1-3H3,(H,22,23,26). The van der Waals surface area contributed by atoms with E-state index in [1.807, 2.05) is 0 Å². The fraction of sp³-hybridized carbons (Fsp3) is 0.476. The van der Waals surface area contributed by atoms with Crippen molar-refractivity contribution < 1.29 is 14.3 Å². The Labute approximate surface area is 175 Å². The number of rotatable bonds is 7. The van der Waals surface area contributed by atoms with Crippen molar-refractivity contribution in [2.75, 3.05) is 44.6 Å². The summed E-state index contributed by atoms with van der Waals surface area (Å²) in [7, 11) is 0. The molecule has 2 aromatic rings. The second kappa shape index (κ2) is 9.96. The molecule has 1 aromatic heterocycles. The molecule has 7 nitrogen and oxygen atoms in total. The number of piperazine rings is 1. The average molecular weight is 417 g/mol. The smallest absolute Gasteiger partial charge is 0.350 e. The van der Waals surface area contributed by atoms with E-state index in [1.54, 1.807) is 13.8 Å². The Morgan fingerprint density at radius 1 is 1.10 bits per heavy atom. The first-order valence-electron chi connectivity index (χ1n) is 9.89. The molecule has 2 heterocycles. The van der Waals surface area contributed by atoms with E-state index in [0.29, 0.717) is 28.9 Å². The molecule has 1 amide bonds. The summed E-state index contributed by atoms with van der Waals surface area (Å²) in [6, 6.07) is 8.64. The van der Waals surface area contributed by atoms with Crippen LogP contribution in [0.1, 0.15) is 33.4 Å². The topological polar surface area (TPSA) is 74.8 Å². The van der Waals surface area contributed by atoms with Crippen LogP contribution in [-0.4, -0.2) is 66.0 Å². The fourth-order valence-electron chi connectivity index (χ4n) is 3.26. The summed E-state index contributed by atoms with van der Waals surface area (Å²) in [6.07, 6.45) is 0. The molecule has 1 aliphatic heterocycles. The Hall–Kier alpha value is -2.29. The first-order chi connectivity index (χ1) is 13.9. The molecule has 29 heavy (non-hydrogen) atoms. The number of aryl methyl sites for hydroxylation is 2. The number of nitrogens with zero attached hydrogens (tertiary/aromatic N) is 3. The lowest BCUT2D eigenvalue weighted by molar-refractivity contribution is -0.117. The highest BCUT2D eigenvalue weighted by atomic mass is 32.1. The number of thiazole rings is 1. The van der Waals surface area contributed by atoms with Gasteiger partial charge in [-0.15, -0.1) is 0 Å². The van der Waals surface area contributed by atoms with Crippen molar-refractivity contribution in [3.05, 3.63) is 46.0 Å². The highest BCUT2D eigenvalue weighted by Gasteiger charge is 2.21. The van der Waals surface area contributed by atoms with Crippen LogP contribution in [0.4, 0.5) is 5.13 Å². The normalized spacial score (nSPS) is 15.3. The molecule has 0 aliphatic carbocycles. The van der Waals surface area contributed by atoms with Gasteiger partial charge in [-0.05, 0) is 26.3 Å². The SMILES string of the molecule is CCOC(=O)c1sc(NC(=O)CN2CCN(Cc3ccc(C)cc3)CC2)nc1C. The zero-order chi connectivity index (χ0) is 20.8. The Morgan fingerprint density at radius 2 is 1.76 bits per heavy atom. The van der Waals surface area contributed by atoms with Gasteiger partial charge >= 0.3 is 5.97 Å². The third-order valence-electron chi connectivity index (χ3n) is 4.86. The lowest BCUT2D eigenvalue weighted by Crippen LogP contribution is -2.48. The fourth-order valence-corrected chi connectivity index (χ4v) is 4.13. The number of nitrogens with one attached hydrogen (secondary N) is 1. The van der Waals surface area contributed by atoms with Gasteiger partial charge in [-0.25, -0.2) is 9.78 Å². The Morgan fingerprint density at radius 3 is 2.41 bits per heavy atom. The molecule has 1 saturated heterocycles. The predicted octanol–water partition coefficient (Wildman–Crippen LogP) is 2.69. The molecule has 1 N–H and O–H groups in total. The predicted molar refractivity (Wildman–Crippen MR) is 114 cm³/mol. The number of aromatic nitrogens is 1. The highest BCUT2D eigenvalue weighted by molar-refractivity contribution is 7.17. The van der Waals surface area contributed by atoms with Gasteiger partial charge in [0.05, 0.1) is 18.8 Å². The van der Waals surface area contributed by atoms with E-state index >= 15 is 0 Å². The molecule has 1 fully saturated rings. The van der Waals surface area contributed by atoms with E-state index in [-0.39, 0.29) is 5.91 Å². The van der Waals surface area contributed by atoms with Gasteiger partial charge in [0.2, 0.25) is 5.91 Å². The van der Waals surface area contributed by atoms with Crippen LogP contribution < -0.4 is 5.32 Å². The van der Waals surface area contributed by atoms with Crippen molar-refractivity contribution in [1.82, 2.24) is 14.8 Å².